The van der Waals surface area contributed by atoms with Crippen LogP contribution in [0.25, 0.3) is 0 Å². The first-order chi connectivity index (χ1) is 8.33. The molecule has 106 valence electrons. The molecule has 0 aromatic heterocycles. The molecule has 5 nitrogen and oxygen atoms in total. The Bertz CT molecular complexity index is 277. The fraction of sp³-hybridized carbons (Fsp3) is 0.923. The van der Waals surface area contributed by atoms with Gasteiger partial charge in [-0.15, -0.1) is 0 Å². The summed E-state index contributed by atoms with van der Waals surface area (Å²) in [6.45, 7) is 7.76. The molecule has 0 aromatic rings. The molecule has 1 saturated heterocycles. The van der Waals surface area contributed by atoms with E-state index in [9.17, 15) is 9.90 Å². The predicted molar refractivity (Wildman–Crippen MR) is 70.8 cm³/mol. The number of aliphatic carboxylic acids is 1. The first-order valence-corrected chi connectivity index (χ1v) is 6.65. The molecule has 5 heteroatoms. The van der Waals surface area contributed by atoms with Crippen molar-refractivity contribution in [1.29, 1.82) is 0 Å². The zero-order valence-corrected chi connectivity index (χ0v) is 11.9. The van der Waals surface area contributed by atoms with E-state index in [-0.39, 0.29) is 12.1 Å². The topological polar surface area (TPSA) is 61.8 Å². The molecule has 0 aliphatic carbocycles. The van der Waals surface area contributed by atoms with Crippen molar-refractivity contribution in [1.82, 2.24) is 10.2 Å². The van der Waals surface area contributed by atoms with Crippen LogP contribution in [0.3, 0.4) is 0 Å². The molecular formula is C13H26N2O3. The SMILES string of the molecule is CC(C)NC(C)(CN(C)CC1CCCO1)C(=O)O. The second-order valence-electron chi connectivity index (χ2n) is 5.77. The summed E-state index contributed by atoms with van der Waals surface area (Å²) in [5, 5.41) is 12.5. The summed E-state index contributed by atoms with van der Waals surface area (Å²) in [7, 11) is 1.95. The summed E-state index contributed by atoms with van der Waals surface area (Å²) >= 11 is 0. The summed E-state index contributed by atoms with van der Waals surface area (Å²) in [5.74, 6) is -0.810. The first kappa shape index (κ1) is 15.4. The number of carbonyl (C=O) groups is 1. The van der Waals surface area contributed by atoms with Crippen molar-refractivity contribution in [3.05, 3.63) is 0 Å². The van der Waals surface area contributed by atoms with Crippen molar-refractivity contribution in [2.45, 2.75) is 51.3 Å². The minimum absolute atomic E-state index is 0.141. The third-order valence-electron chi connectivity index (χ3n) is 3.20. The van der Waals surface area contributed by atoms with Crippen molar-refractivity contribution in [3.63, 3.8) is 0 Å². The molecular weight excluding hydrogens is 232 g/mol. The quantitative estimate of drug-likeness (QED) is 0.711. The predicted octanol–water partition coefficient (Wildman–Crippen LogP) is 0.939. The summed E-state index contributed by atoms with van der Waals surface area (Å²) < 4.78 is 5.57. The monoisotopic (exact) mass is 258 g/mol. The Balaban J connectivity index is 2.51. The highest BCUT2D eigenvalue weighted by Gasteiger charge is 2.35. The number of hydrogen-bond donors (Lipinski definition) is 2. The lowest BCUT2D eigenvalue weighted by Crippen LogP contribution is -2.58. The van der Waals surface area contributed by atoms with Gasteiger partial charge in [-0.2, -0.15) is 0 Å². The Morgan fingerprint density at radius 1 is 1.61 bits per heavy atom. The van der Waals surface area contributed by atoms with Gasteiger partial charge in [0.05, 0.1) is 6.10 Å². The standard InChI is InChI=1S/C13H26N2O3/c1-10(2)14-13(3,12(16)17)9-15(4)8-11-6-5-7-18-11/h10-11,14H,5-9H2,1-4H3,(H,16,17). The summed E-state index contributed by atoms with van der Waals surface area (Å²) in [4.78, 5) is 13.5. The van der Waals surface area contributed by atoms with Crippen molar-refractivity contribution < 1.29 is 14.6 Å². The van der Waals surface area contributed by atoms with Crippen LogP contribution in [-0.4, -0.2) is 60.4 Å². The van der Waals surface area contributed by atoms with Crippen molar-refractivity contribution in [2.75, 3.05) is 26.7 Å². The van der Waals surface area contributed by atoms with Crippen LogP contribution in [0.2, 0.25) is 0 Å². The first-order valence-electron chi connectivity index (χ1n) is 6.65. The van der Waals surface area contributed by atoms with Crippen LogP contribution < -0.4 is 5.32 Å². The van der Waals surface area contributed by atoms with Gasteiger partial charge in [-0.1, -0.05) is 0 Å². The Hall–Kier alpha value is -0.650. The van der Waals surface area contributed by atoms with Gasteiger partial charge in [0.2, 0.25) is 0 Å². The van der Waals surface area contributed by atoms with E-state index in [1.807, 2.05) is 25.8 Å². The lowest BCUT2D eigenvalue weighted by molar-refractivity contribution is -0.145. The second kappa shape index (κ2) is 6.50. The van der Waals surface area contributed by atoms with Crippen molar-refractivity contribution >= 4 is 5.97 Å². The van der Waals surface area contributed by atoms with E-state index in [1.54, 1.807) is 6.92 Å². The molecule has 1 heterocycles. The molecule has 2 atom stereocenters. The molecule has 2 unspecified atom stereocenters. The molecule has 1 aliphatic rings. The largest absolute Gasteiger partial charge is 0.480 e. The number of rotatable bonds is 7. The van der Waals surface area contributed by atoms with Crippen LogP contribution in [0.1, 0.15) is 33.6 Å². The Morgan fingerprint density at radius 3 is 2.72 bits per heavy atom. The fourth-order valence-corrected chi connectivity index (χ4v) is 2.55. The van der Waals surface area contributed by atoms with Crippen molar-refractivity contribution in [2.24, 2.45) is 0 Å². The summed E-state index contributed by atoms with van der Waals surface area (Å²) in [5.41, 5.74) is -0.915. The third-order valence-corrected chi connectivity index (χ3v) is 3.20. The molecule has 0 aromatic carbocycles. The van der Waals surface area contributed by atoms with E-state index in [2.05, 4.69) is 5.32 Å². The molecule has 18 heavy (non-hydrogen) atoms. The highest BCUT2D eigenvalue weighted by atomic mass is 16.5. The van der Waals surface area contributed by atoms with Gasteiger partial charge in [-0.05, 0) is 40.7 Å². The average molecular weight is 258 g/mol. The van der Waals surface area contributed by atoms with E-state index in [1.165, 1.54) is 0 Å². The number of carboxylic acids is 1. The average Bonchev–Trinajstić information content (AvgIpc) is 2.68. The van der Waals surface area contributed by atoms with Crippen LogP contribution in [0.5, 0.6) is 0 Å². The lowest BCUT2D eigenvalue weighted by Gasteiger charge is -2.33. The molecule has 2 N–H and O–H groups in total. The van der Waals surface area contributed by atoms with E-state index in [0.29, 0.717) is 6.54 Å². The van der Waals surface area contributed by atoms with Gasteiger partial charge >= 0.3 is 5.97 Å². The number of nitrogens with one attached hydrogen (secondary N) is 1. The molecule has 1 fully saturated rings. The number of hydrogen-bond acceptors (Lipinski definition) is 4. The molecule has 0 radical (unpaired) electrons. The van der Waals surface area contributed by atoms with Crippen molar-refractivity contribution in [3.8, 4) is 0 Å². The Labute approximate surface area is 109 Å². The number of carboxylic acid groups (broad SMARTS) is 1. The van der Waals surface area contributed by atoms with Gasteiger partial charge in [0.25, 0.3) is 0 Å². The number of ether oxygens (including phenoxy) is 1. The van der Waals surface area contributed by atoms with Crippen LogP contribution in [0.15, 0.2) is 0 Å². The molecule has 0 amide bonds. The summed E-state index contributed by atoms with van der Waals surface area (Å²) in [6, 6.07) is 0.141. The van der Waals surface area contributed by atoms with E-state index in [0.717, 1.165) is 26.0 Å². The molecule has 0 saturated carbocycles. The van der Waals surface area contributed by atoms with Gasteiger partial charge in [-0.25, -0.2) is 0 Å². The molecule has 0 bridgehead atoms. The molecule has 0 spiro atoms. The van der Waals surface area contributed by atoms with E-state index < -0.39 is 11.5 Å². The van der Waals surface area contributed by atoms with Gasteiger partial charge in [0.1, 0.15) is 5.54 Å². The normalized spacial score (nSPS) is 23.6. The number of nitrogens with zero attached hydrogens (tertiary/aromatic N) is 1. The highest BCUT2D eigenvalue weighted by molar-refractivity contribution is 5.78. The van der Waals surface area contributed by atoms with E-state index in [4.69, 9.17) is 4.74 Å². The minimum Gasteiger partial charge on any atom is -0.480 e. The maximum Gasteiger partial charge on any atom is 0.324 e. The highest BCUT2D eigenvalue weighted by Crippen LogP contribution is 2.15. The second-order valence-corrected chi connectivity index (χ2v) is 5.77. The van der Waals surface area contributed by atoms with Gasteiger partial charge in [0.15, 0.2) is 0 Å². The smallest absolute Gasteiger partial charge is 0.324 e. The number of likely N-dealkylation sites (N-methyl/N-ethyl adjacent to an activating group) is 1. The Kier molecular flexibility index (Phi) is 5.56. The van der Waals surface area contributed by atoms with Crippen LogP contribution in [-0.2, 0) is 9.53 Å². The van der Waals surface area contributed by atoms with Crippen LogP contribution in [0, 0.1) is 0 Å². The Morgan fingerprint density at radius 2 is 2.28 bits per heavy atom. The molecule has 1 rings (SSSR count). The van der Waals surface area contributed by atoms with E-state index >= 15 is 0 Å². The summed E-state index contributed by atoms with van der Waals surface area (Å²) in [6.07, 6.45) is 2.44. The van der Waals surface area contributed by atoms with Gasteiger partial charge in [-0.3, -0.25) is 10.1 Å². The fourth-order valence-electron chi connectivity index (χ4n) is 2.55. The lowest BCUT2D eigenvalue weighted by atomic mass is 10.0. The maximum atomic E-state index is 11.4. The third kappa shape index (κ3) is 4.55. The molecule has 1 aliphatic heterocycles. The van der Waals surface area contributed by atoms with Gasteiger partial charge < -0.3 is 14.7 Å². The zero-order chi connectivity index (χ0) is 13.8. The van der Waals surface area contributed by atoms with Crippen LogP contribution in [0.4, 0.5) is 0 Å². The van der Waals surface area contributed by atoms with Crippen LogP contribution >= 0.6 is 0 Å². The maximum absolute atomic E-state index is 11.4. The minimum atomic E-state index is -0.915. The zero-order valence-electron chi connectivity index (χ0n) is 11.9. The van der Waals surface area contributed by atoms with Gasteiger partial charge in [0, 0.05) is 25.7 Å².